The van der Waals surface area contributed by atoms with E-state index in [9.17, 15) is 18.4 Å². The minimum Gasteiger partial charge on any atom is -0.459 e. The summed E-state index contributed by atoms with van der Waals surface area (Å²) in [4.78, 5) is 22.5. The largest absolute Gasteiger partial charge is 0.459 e. The molecule has 0 aliphatic carbocycles. The third-order valence-electron chi connectivity index (χ3n) is 3.75. The molecule has 8 heteroatoms. The molecule has 32 heavy (non-hydrogen) atoms. The number of hydrogen-bond acceptors (Lipinski definition) is 6. The summed E-state index contributed by atoms with van der Waals surface area (Å²) in [6, 6.07) is 8.06. The third kappa shape index (κ3) is 6.94. The molecule has 0 bridgehead atoms. The van der Waals surface area contributed by atoms with Crippen molar-refractivity contribution in [3.8, 4) is 22.6 Å². The Labute approximate surface area is 183 Å². The summed E-state index contributed by atoms with van der Waals surface area (Å²) in [6.45, 7) is 9.80. The molecule has 2 aromatic carbocycles. The molecule has 0 saturated heterocycles. The van der Waals surface area contributed by atoms with Crippen molar-refractivity contribution in [3.63, 3.8) is 0 Å². The molecule has 0 aliphatic heterocycles. The fraction of sp³-hybridized carbons (Fsp3) is 0.0833. The van der Waals surface area contributed by atoms with Gasteiger partial charge in [-0.3, -0.25) is 0 Å². The van der Waals surface area contributed by atoms with Gasteiger partial charge in [0, 0.05) is 11.1 Å². The molecular formula is C24H20F2O6. The monoisotopic (exact) mass is 442 g/mol. The van der Waals surface area contributed by atoms with Crippen LogP contribution in [0.4, 0.5) is 8.78 Å². The first-order valence-electron chi connectivity index (χ1n) is 9.15. The summed E-state index contributed by atoms with van der Waals surface area (Å²) in [5.41, 5.74) is 1.19. The second-order valence-electron chi connectivity index (χ2n) is 6.44. The molecule has 0 N–H and O–H groups in total. The lowest BCUT2D eigenvalue weighted by atomic mass is 10.0. The summed E-state index contributed by atoms with van der Waals surface area (Å²) in [7, 11) is 0. The summed E-state index contributed by atoms with van der Waals surface area (Å²) >= 11 is 0. The maximum Gasteiger partial charge on any atom is 0.338 e. The van der Waals surface area contributed by atoms with Crippen LogP contribution in [0.2, 0.25) is 0 Å². The quantitative estimate of drug-likeness (QED) is 0.287. The van der Waals surface area contributed by atoms with Crippen LogP contribution < -0.4 is 9.47 Å². The molecule has 0 amide bonds. The maximum absolute atomic E-state index is 14.3. The highest BCUT2D eigenvalue weighted by molar-refractivity contribution is 5.87. The topological polar surface area (TPSA) is 71.1 Å². The average Bonchev–Trinajstić information content (AvgIpc) is 2.75. The molecule has 0 aliphatic rings. The SMILES string of the molecule is C=C(C)C(=O)O/C=C\Oc1ccc(-c2ccc(O/C=C\OC(=O)C(=C)C)c(F)c2)cc1F. The Morgan fingerprint density at radius 2 is 1.09 bits per heavy atom. The van der Waals surface area contributed by atoms with E-state index in [1.807, 2.05) is 0 Å². The van der Waals surface area contributed by atoms with Crippen molar-refractivity contribution < 1.29 is 37.3 Å². The van der Waals surface area contributed by atoms with E-state index in [1.165, 1.54) is 38.1 Å². The van der Waals surface area contributed by atoms with Gasteiger partial charge >= 0.3 is 11.9 Å². The molecule has 2 rings (SSSR count). The van der Waals surface area contributed by atoms with E-state index < -0.39 is 23.6 Å². The third-order valence-corrected chi connectivity index (χ3v) is 3.75. The van der Waals surface area contributed by atoms with E-state index >= 15 is 0 Å². The highest BCUT2D eigenvalue weighted by Crippen LogP contribution is 2.29. The molecule has 0 aromatic heterocycles. The number of hydrogen-bond donors (Lipinski definition) is 0. The lowest BCUT2D eigenvalue weighted by molar-refractivity contribution is -0.134. The second kappa shape index (κ2) is 11.3. The number of carbonyl (C=O) groups excluding carboxylic acids is 2. The standard InChI is InChI=1S/C24H20F2O6/c1-15(2)23(27)31-11-9-29-21-7-5-17(13-19(21)25)18-6-8-22(20(26)14-18)30-10-12-32-24(28)16(3)4/h5-14H,1,3H2,2,4H3/b11-9-,12-10-. The molecule has 166 valence electrons. The van der Waals surface area contributed by atoms with Gasteiger partial charge in [0.05, 0.1) is 0 Å². The molecule has 6 nitrogen and oxygen atoms in total. The number of esters is 2. The Morgan fingerprint density at radius 1 is 0.719 bits per heavy atom. The van der Waals surface area contributed by atoms with Crippen molar-refractivity contribution in [2.45, 2.75) is 13.8 Å². The van der Waals surface area contributed by atoms with Gasteiger partial charge in [0.1, 0.15) is 25.0 Å². The summed E-state index contributed by atoms with van der Waals surface area (Å²) in [5, 5.41) is 0. The van der Waals surface area contributed by atoms with Crippen molar-refractivity contribution in [1.82, 2.24) is 0 Å². The van der Waals surface area contributed by atoms with E-state index in [-0.39, 0.29) is 22.6 Å². The summed E-state index contributed by atoms with van der Waals surface area (Å²) < 4.78 is 48.1. The number of carbonyl (C=O) groups is 2. The number of benzene rings is 2. The molecule has 0 unspecified atom stereocenters. The zero-order valence-corrected chi connectivity index (χ0v) is 17.4. The molecule has 0 atom stereocenters. The lowest BCUT2D eigenvalue weighted by Gasteiger charge is -2.08. The molecule has 0 radical (unpaired) electrons. The second-order valence-corrected chi connectivity index (χ2v) is 6.44. The molecular weight excluding hydrogens is 422 g/mol. The lowest BCUT2D eigenvalue weighted by Crippen LogP contribution is -1.99. The van der Waals surface area contributed by atoms with Crippen LogP contribution in [-0.4, -0.2) is 11.9 Å². The van der Waals surface area contributed by atoms with E-state index in [2.05, 4.69) is 22.6 Å². The van der Waals surface area contributed by atoms with Gasteiger partial charge in [0.2, 0.25) is 0 Å². The van der Waals surface area contributed by atoms with Crippen molar-refractivity contribution in [1.29, 1.82) is 0 Å². The van der Waals surface area contributed by atoms with Crippen LogP contribution in [0.5, 0.6) is 11.5 Å². The summed E-state index contributed by atoms with van der Waals surface area (Å²) in [5.74, 6) is -2.93. The molecule has 0 spiro atoms. The predicted octanol–water partition coefficient (Wildman–Crippen LogP) is 5.57. The fourth-order valence-corrected chi connectivity index (χ4v) is 2.13. The van der Waals surface area contributed by atoms with Gasteiger partial charge in [-0.2, -0.15) is 0 Å². The fourth-order valence-electron chi connectivity index (χ4n) is 2.13. The van der Waals surface area contributed by atoms with Crippen molar-refractivity contribution in [2.24, 2.45) is 0 Å². The van der Waals surface area contributed by atoms with Crippen molar-refractivity contribution in [3.05, 3.63) is 97.4 Å². The smallest absolute Gasteiger partial charge is 0.338 e. The number of halogens is 2. The van der Waals surface area contributed by atoms with Gasteiger partial charge in [-0.05, 0) is 49.2 Å². The normalized spacial score (nSPS) is 10.8. The maximum atomic E-state index is 14.3. The Morgan fingerprint density at radius 3 is 1.41 bits per heavy atom. The first-order chi connectivity index (χ1) is 15.2. The Balaban J connectivity index is 2.02. The highest BCUT2D eigenvalue weighted by Gasteiger charge is 2.10. The first-order valence-corrected chi connectivity index (χ1v) is 9.15. The minimum absolute atomic E-state index is 0.119. The zero-order chi connectivity index (χ0) is 23.7. The van der Waals surface area contributed by atoms with Crippen LogP contribution in [0.3, 0.4) is 0 Å². The van der Waals surface area contributed by atoms with Crippen molar-refractivity contribution >= 4 is 11.9 Å². The molecule has 0 fully saturated rings. The van der Waals surface area contributed by atoms with Gasteiger partial charge in [-0.25, -0.2) is 18.4 Å². The zero-order valence-electron chi connectivity index (χ0n) is 17.4. The highest BCUT2D eigenvalue weighted by atomic mass is 19.1. The van der Waals surface area contributed by atoms with Crippen LogP contribution in [0.25, 0.3) is 11.1 Å². The van der Waals surface area contributed by atoms with E-state index in [0.717, 1.165) is 37.2 Å². The Hall–Kier alpha value is -4.20. The van der Waals surface area contributed by atoms with Gasteiger partial charge in [-0.1, -0.05) is 25.3 Å². The van der Waals surface area contributed by atoms with Crippen LogP contribution in [0, 0.1) is 11.6 Å². The average molecular weight is 442 g/mol. The van der Waals surface area contributed by atoms with E-state index in [0.29, 0.717) is 11.1 Å². The van der Waals surface area contributed by atoms with E-state index in [4.69, 9.17) is 9.47 Å². The van der Waals surface area contributed by atoms with Gasteiger partial charge in [0.25, 0.3) is 0 Å². The molecule has 0 heterocycles. The first kappa shape index (κ1) is 24.1. The molecule has 2 aromatic rings. The number of rotatable bonds is 9. The Bertz CT molecular complexity index is 1010. The van der Waals surface area contributed by atoms with Gasteiger partial charge < -0.3 is 18.9 Å². The van der Waals surface area contributed by atoms with Crippen LogP contribution in [-0.2, 0) is 19.1 Å². The predicted molar refractivity (Wildman–Crippen MR) is 113 cm³/mol. The van der Waals surface area contributed by atoms with Crippen LogP contribution >= 0.6 is 0 Å². The van der Waals surface area contributed by atoms with E-state index in [1.54, 1.807) is 0 Å². The number of ether oxygens (including phenoxy) is 4. The van der Waals surface area contributed by atoms with Gasteiger partial charge in [0.15, 0.2) is 23.1 Å². The van der Waals surface area contributed by atoms with Crippen LogP contribution in [0.1, 0.15) is 13.8 Å². The summed E-state index contributed by atoms with van der Waals surface area (Å²) in [6.07, 6.45) is 3.94. The van der Waals surface area contributed by atoms with Gasteiger partial charge in [-0.15, -0.1) is 0 Å². The van der Waals surface area contributed by atoms with Crippen molar-refractivity contribution in [2.75, 3.05) is 0 Å². The van der Waals surface area contributed by atoms with Crippen LogP contribution in [0.15, 0.2) is 85.8 Å². The minimum atomic E-state index is -0.707. The Kier molecular flexibility index (Phi) is 8.47. The molecule has 0 saturated carbocycles.